The lowest BCUT2D eigenvalue weighted by atomic mass is 9.81. The zero-order valence-corrected chi connectivity index (χ0v) is 15.9. The first-order chi connectivity index (χ1) is 13.7. The van der Waals surface area contributed by atoms with Crippen LogP contribution in [0.2, 0.25) is 0 Å². The van der Waals surface area contributed by atoms with Crippen molar-refractivity contribution in [1.29, 1.82) is 0 Å². The molecular weight excluding hydrogens is 354 g/mol. The fourth-order valence-corrected chi connectivity index (χ4v) is 4.58. The maximum Gasteiger partial charge on any atom is 0.271 e. The van der Waals surface area contributed by atoms with Crippen molar-refractivity contribution in [3.05, 3.63) is 42.5 Å². The fourth-order valence-electron chi connectivity index (χ4n) is 4.58. The number of nitrogens with zero attached hydrogens (tertiary/aromatic N) is 3. The molecule has 2 fully saturated rings. The summed E-state index contributed by atoms with van der Waals surface area (Å²) >= 11 is 0. The third kappa shape index (κ3) is 2.77. The Kier molecular flexibility index (Phi) is 4.10. The van der Waals surface area contributed by atoms with Gasteiger partial charge in [-0.05, 0) is 43.7 Å². The Hall–Kier alpha value is -2.83. The first-order valence-corrected chi connectivity index (χ1v) is 10.1. The second kappa shape index (κ2) is 6.65. The van der Waals surface area contributed by atoms with Crippen LogP contribution >= 0.6 is 0 Å². The summed E-state index contributed by atoms with van der Waals surface area (Å²) in [6.07, 6.45) is 7.97. The molecule has 2 amide bonds. The summed E-state index contributed by atoms with van der Waals surface area (Å²) in [5.41, 5.74) is 1.88. The minimum Gasteiger partial charge on any atom is -0.369 e. The second-order valence-electron chi connectivity index (χ2n) is 8.19. The quantitative estimate of drug-likeness (QED) is 0.859. The van der Waals surface area contributed by atoms with Crippen LogP contribution in [0.4, 0.5) is 11.4 Å². The molecule has 3 heterocycles. The van der Waals surface area contributed by atoms with Crippen molar-refractivity contribution < 1.29 is 9.59 Å². The average molecular weight is 379 g/mol. The van der Waals surface area contributed by atoms with E-state index in [4.69, 9.17) is 0 Å². The van der Waals surface area contributed by atoms with Gasteiger partial charge in [0, 0.05) is 19.6 Å². The average Bonchev–Trinajstić information content (AvgIpc) is 3.22. The molecule has 0 atom stereocenters. The lowest BCUT2D eigenvalue weighted by molar-refractivity contribution is -0.124. The van der Waals surface area contributed by atoms with Crippen molar-refractivity contribution in [2.24, 2.45) is 5.92 Å². The second-order valence-corrected chi connectivity index (χ2v) is 8.19. The van der Waals surface area contributed by atoms with Crippen LogP contribution in [0.1, 0.15) is 42.6 Å². The van der Waals surface area contributed by atoms with Gasteiger partial charge in [0.2, 0.25) is 0 Å². The number of likely N-dealkylation sites (tertiary alicyclic amines) is 1. The number of hydrogen-bond acceptors (Lipinski definition) is 4. The molecule has 146 valence electrons. The number of carbonyl (C=O) groups is 2. The van der Waals surface area contributed by atoms with Crippen molar-refractivity contribution in [2.75, 3.05) is 29.9 Å². The molecular formula is C21H25N5O2. The zero-order valence-electron chi connectivity index (χ0n) is 15.9. The van der Waals surface area contributed by atoms with Crippen LogP contribution in [0, 0.1) is 5.92 Å². The number of rotatable bonds is 3. The number of fused-ring (bicyclic) bond motifs is 1. The van der Waals surface area contributed by atoms with Gasteiger partial charge in [-0.15, -0.1) is 0 Å². The molecule has 1 aliphatic carbocycles. The fraction of sp³-hybridized carbons (Fsp3) is 0.476. The van der Waals surface area contributed by atoms with Gasteiger partial charge in [0.25, 0.3) is 11.8 Å². The van der Waals surface area contributed by atoms with Gasteiger partial charge in [0.15, 0.2) is 0 Å². The number of hydrogen-bond donors (Lipinski definition) is 2. The molecule has 3 aliphatic rings. The summed E-state index contributed by atoms with van der Waals surface area (Å²) in [4.78, 5) is 36.8. The van der Waals surface area contributed by atoms with E-state index in [1.54, 1.807) is 6.20 Å². The van der Waals surface area contributed by atoms with E-state index in [9.17, 15) is 9.59 Å². The molecule has 0 bridgehead atoms. The third-order valence-corrected chi connectivity index (χ3v) is 6.52. The molecule has 2 N–H and O–H groups in total. The SMILES string of the molecule is O=C(c1cnc[nH]1)N1CCC2(CC1)Nc1ccccc1N(CC1CCC1)C2=O. The standard InChI is InChI=1S/C21H25N5O2/c27-19(17-12-22-14-23-17)25-10-8-21(9-11-25)20(28)26(13-15-4-3-5-15)18-7-2-1-6-16(18)24-21/h1-2,6-7,12,14-15,24H,3-5,8-11,13H2,(H,22,23). The molecule has 1 saturated heterocycles. The van der Waals surface area contributed by atoms with Crippen LogP contribution in [0.25, 0.3) is 0 Å². The Morgan fingerprint density at radius 2 is 2.00 bits per heavy atom. The van der Waals surface area contributed by atoms with Crippen LogP contribution in [-0.2, 0) is 4.79 Å². The number of imidazole rings is 1. The van der Waals surface area contributed by atoms with Crippen molar-refractivity contribution in [3.8, 4) is 0 Å². The third-order valence-electron chi connectivity index (χ3n) is 6.52. The molecule has 1 spiro atoms. The summed E-state index contributed by atoms with van der Waals surface area (Å²) in [5.74, 6) is 0.711. The molecule has 1 aromatic carbocycles. The first kappa shape index (κ1) is 17.3. The lowest BCUT2D eigenvalue weighted by Gasteiger charge is -2.48. The number of anilines is 2. The normalized spacial score (nSPS) is 21.2. The van der Waals surface area contributed by atoms with Crippen LogP contribution in [0.5, 0.6) is 0 Å². The molecule has 0 radical (unpaired) electrons. The number of benzene rings is 1. The number of piperidine rings is 1. The highest BCUT2D eigenvalue weighted by molar-refractivity contribution is 6.08. The summed E-state index contributed by atoms with van der Waals surface area (Å²) in [6, 6.07) is 8.08. The topological polar surface area (TPSA) is 81.3 Å². The van der Waals surface area contributed by atoms with E-state index >= 15 is 0 Å². The number of para-hydroxylation sites is 2. The monoisotopic (exact) mass is 379 g/mol. The molecule has 2 aliphatic heterocycles. The highest BCUT2D eigenvalue weighted by Crippen LogP contribution is 2.41. The zero-order chi connectivity index (χ0) is 19.1. The van der Waals surface area contributed by atoms with Crippen molar-refractivity contribution in [2.45, 2.75) is 37.6 Å². The summed E-state index contributed by atoms with van der Waals surface area (Å²) in [7, 11) is 0. The molecule has 1 aromatic heterocycles. The van der Waals surface area contributed by atoms with E-state index in [2.05, 4.69) is 21.4 Å². The molecule has 7 nitrogen and oxygen atoms in total. The minimum atomic E-state index is -0.622. The van der Waals surface area contributed by atoms with Crippen molar-refractivity contribution in [3.63, 3.8) is 0 Å². The Morgan fingerprint density at radius 3 is 2.68 bits per heavy atom. The Bertz CT molecular complexity index is 882. The number of aromatic nitrogens is 2. The lowest BCUT2D eigenvalue weighted by Crippen LogP contribution is -2.63. The number of carbonyl (C=O) groups excluding carboxylic acids is 2. The van der Waals surface area contributed by atoms with Crippen LogP contribution in [0.15, 0.2) is 36.8 Å². The molecule has 1 saturated carbocycles. The van der Waals surface area contributed by atoms with E-state index < -0.39 is 5.54 Å². The summed E-state index contributed by atoms with van der Waals surface area (Å²) < 4.78 is 0. The Balaban J connectivity index is 1.38. The summed E-state index contributed by atoms with van der Waals surface area (Å²) in [5, 5.41) is 3.55. The van der Waals surface area contributed by atoms with Gasteiger partial charge in [-0.3, -0.25) is 9.59 Å². The molecule has 2 aromatic rings. The van der Waals surface area contributed by atoms with Gasteiger partial charge in [-0.1, -0.05) is 18.6 Å². The van der Waals surface area contributed by atoms with E-state index in [1.165, 1.54) is 25.6 Å². The Morgan fingerprint density at radius 1 is 1.21 bits per heavy atom. The van der Waals surface area contributed by atoms with Gasteiger partial charge < -0.3 is 20.1 Å². The van der Waals surface area contributed by atoms with E-state index in [0.29, 0.717) is 37.5 Å². The molecule has 0 unspecified atom stereocenters. The largest absolute Gasteiger partial charge is 0.369 e. The predicted octanol–water partition coefficient (Wildman–Crippen LogP) is 2.64. The highest BCUT2D eigenvalue weighted by atomic mass is 16.2. The van der Waals surface area contributed by atoms with Crippen molar-refractivity contribution >= 4 is 23.2 Å². The van der Waals surface area contributed by atoms with E-state index in [0.717, 1.165) is 17.9 Å². The molecule has 7 heteroatoms. The number of amides is 2. The van der Waals surface area contributed by atoms with Crippen molar-refractivity contribution in [1.82, 2.24) is 14.9 Å². The van der Waals surface area contributed by atoms with Crippen LogP contribution in [-0.4, -0.2) is 51.9 Å². The van der Waals surface area contributed by atoms with Crippen LogP contribution < -0.4 is 10.2 Å². The smallest absolute Gasteiger partial charge is 0.271 e. The van der Waals surface area contributed by atoms with Gasteiger partial charge in [0.05, 0.1) is 23.9 Å². The van der Waals surface area contributed by atoms with Gasteiger partial charge in [-0.25, -0.2) is 4.98 Å². The predicted molar refractivity (Wildman–Crippen MR) is 106 cm³/mol. The van der Waals surface area contributed by atoms with Gasteiger partial charge in [0.1, 0.15) is 11.2 Å². The van der Waals surface area contributed by atoms with E-state index in [-0.39, 0.29) is 11.8 Å². The minimum absolute atomic E-state index is 0.0534. The summed E-state index contributed by atoms with van der Waals surface area (Å²) in [6.45, 7) is 1.90. The first-order valence-electron chi connectivity index (χ1n) is 10.1. The highest BCUT2D eigenvalue weighted by Gasteiger charge is 2.48. The number of nitrogens with one attached hydrogen (secondary N) is 2. The molecule has 28 heavy (non-hydrogen) atoms. The maximum atomic E-state index is 13.6. The Labute approximate surface area is 164 Å². The van der Waals surface area contributed by atoms with Gasteiger partial charge >= 0.3 is 0 Å². The number of H-pyrrole nitrogens is 1. The maximum absolute atomic E-state index is 13.6. The molecule has 5 rings (SSSR count). The van der Waals surface area contributed by atoms with Crippen LogP contribution in [0.3, 0.4) is 0 Å². The van der Waals surface area contributed by atoms with E-state index in [1.807, 2.05) is 28.0 Å². The number of aromatic amines is 1. The van der Waals surface area contributed by atoms with Gasteiger partial charge in [-0.2, -0.15) is 0 Å².